The molecular weight excluding hydrogens is 266 g/mol. The Morgan fingerprint density at radius 3 is 2.79 bits per heavy atom. The molecule has 0 amide bonds. The summed E-state index contributed by atoms with van der Waals surface area (Å²) in [5, 5.41) is 9.70. The molecule has 5 heteroatoms. The van der Waals surface area contributed by atoms with Crippen LogP contribution in [-0.4, -0.2) is 11.1 Å². The van der Waals surface area contributed by atoms with Gasteiger partial charge in [-0.15, -0.1) is 11.3 Å². The summed E-state index contributed by atoms with van der Waals surface area (Å²) in [6.45, 7) is 0. The Morgan fingerprint density at radius 1 is 1.43 bits per heavy atom. The molecule has 1 aromatic carbocycles. The van der Waals surface area contributed by atoms with Gasteiger partial charge in [-0.2, -0.15) is 0 Å². The molecule has 0 spiro atoms. The molecule has 0 atom stereocenters. The number of hydrogen-bond acceptors (Lipinski definition) is 3. The highest BCUT2D eigenvalue weighted by Crippen LogP contribution is 2.33. The van der Waals surface area contributed by atoms with E-state index in [0.717, 1.165) is 14.6 Å². The maximum atomic E-state index is 10.7. The predicted molar refractivity (Wildman–Crippen MR) is 60.9 cm³/mol. The number of nitrogen functional groups attached to an aromatic ring is 1. The van der Waals surface area contributed by atoms with Crippen LogP contribution in [0.2, 0.25) is 0 Å². The average molecular weight is 272 g/mol. The molecule has 0 bridgehead atoms. The molecule has 3 N–H and O–H groups in total. The minimum absolute atomic E-state index is 0.325. The molecule has 0 aliphatic heterocycles. The highest BCUT2D eigenvalue weighted by Gasteiger charge is 2.10. The third-order valence-electron chi connectivity index (χ3n) is 1.82. The molecule has 0 aliphatic carbocycles. The van der Waals surface area contributed by atoms with Crippen LogP contribution in [0.4, 0.5) is 5.69 Å². The van der Waals surface area contributed by atoms with E-state index in [-0.39, 0.29) is 0 Å². The highest BCUT2D eigenvalue weighted by atomic mass is 79.9. The topological polar surface area (TPSA) is 63.3 Å². The van der Waals surface area contributed by atoms with Crippen molar-refractivity contribution < 1.29 is 9.90 Å². The molecule has 3 nitrogen and oxygen atoms in total. The van der Waals surface area contributed by atoms with Gasteiger partial charge < -0.3 is 10.8 Å². The van der Waals surface area contributed by atoms with Gasteiger partial charge in [0.15, 0.2) is 0 Å². The summed E-state index contributed by atoms with van der Waals surface area (Å²) >= 11 is 4.57. The van der Waals surface area contributed by atoms with Crippen molar-refractivity contribution in [2.75, 3.05) is 5.73 Å². The number of fused-ring (bicyclic) bond motifs is 1. The van der Waals surface area contributed by atoms with Gasteiger partial charge in [0.1, 0.15) is 4.88 Å². The lowest BCUT2D eigenvalue weighted by molar-refractivity contribution is 0.0702. The van der Waals surface area contributed by atoms with E-state index in [2.05, 4.69) is 15.9 Å². The van der Waals surface area contributed by atoms with E-state index in [9.17, 15) is 4.79 Å². The third-order valence-corrected chi connectivity index (χ3v) is 3.55. The molecule has 0 aliphatic rings. The first-order chi connectivity index (χ1) is 6.58. The highest BCUT2D eigenvalue weighted by molar-refractivity contribution is 9.10. The smallest absolute Gasteiger partial charge is 0.345 e. The zero-order chi connectivity index (χ0) is 10.3. The van der Waals surface area contributed by atoms with Crippen LogP contribution in [-0.2, 0) is 0 Å². The molecule has 14 heavy (non-hydrogen) atoms. The summed E-state index contributed by atoms with van der Waals surface area (Å²) in [4.78, 5) is 11.1. The van der Waals surface area contributed by atoms with Crippen LogP contribution >= 0.6 is 27.3 Å². The van der Waals surface area contributed by atoms with Crippen molar-refractivity contribution in [2.24, 2.45) is 0 Å². The maximum Gasteiger partial charge on any atom is 0.345 e. The van der Waals surface area contributed by atoms with Crippen LogP contribution in [0.25, 0.3) is 10.1 Å². The first-order valence-corrected chi connectivity index (χ1v) is 5.41. The number of rotatable bonds is 1. The molecule has 0 saturated heterocycles. The van der Waals surface area contributed by atoms with Crippen molar-refractivity contribution in [1.29, 1.82) is 0 Å². The molecule has 0 saturated carbocycles. The van der Waals surface area contributed by atoms with E-state index in [0.29, 0.717) is 10.6 Å². The molecule has 1 aromatic heterocycles. The van der Waals surface area contributed by atoms with Crippen LogP contribution in [0.15, 0.2) is 22.7 Å². The van der Waals surface area contributed by atoms with Gasteiger partial charge in [-0.25, -0.2) is 4.79 Å². The third kappa shape index (κ3) is 1.49. The first kappa shape index (κ1) is 9.48. The number of benzene rings is 1. The summed E-state index contributed by atoms with van der Waals surface area (Å²) in [6.07, 6.45) is 0. The number of aromatic carboxylic acids is 1. The first-order valence-electron chi connectivity index (χ1n) is 3.80. The number of anilines is 1. The second-order valence-electron chi connectivity index (χ2n) is 2.83. The molecule has 1 heterocycles. The van der Waals surface area contributed by atoms with E-state index in [1.54, 1.807) is 18.2 Å². The molecular formula is C9H6BrNO2S. The van der Waals surface area contributed by atoms with Crippen LogP contribution in [0.3, 0.4) is 0 Å². The SMILES string of the molecule is Nc1cc(Br)c2cc(C(=O)O)sc2c1. The van der Waals surface area contributed by atoms with Crippen molar-refractivity contribution in [1.82, 2.24) is 0 Å². The molecule has 72 valence electrons. The molecule has 2 rings (SSSR count). The summed E-state index contributed by atoms with van der Waals surface area (Å²) in [6, 6.07) is 5.18. The number of hydrogen-bond donors (Lipinski definition) is 2. The lowest BCUT2D eigenvalue weighted by atomic mass is 10.2. The zero-order valence-corrected chi connectivity index (χ0v) is 9.35. The maximum absolute atomic E-state index is 10.7. The number of nitrogens with two attached hydrogens (primary N) is 1. The van der Waals surface area contributed by atoms with Crippen molar-refractivity contribution in [2.45, 2.75) is 0 Å². The lowest BCUT2D eigenvalue weighted by Crippen LogP contribution is -1.89. The molecule has 0 fully saturated rings. The van der Waals surface area contributed by atoms with Gasteiger partial charge in [0.2, 0.25) is 0 Å². The van der Waals surface area contributed by atoms with Gasteiger partial charge >= 0.3 is 5.97 Å². The lowest BCUT2D eigenvalue weighted by Gasteiger charge is -1.95. The Kier molecular flexibility index (Phi) is 2.20. The van der Waals surface area contributed by atoms with Gasteiger partial charge in [-0.05, 0) is 18.2 Å². The van der Waals surface area contributed by atoms with Crippen LogP contribution in [0.1, 0.15) is 9.67 Å². The fourth-order valence-electron chi connectivity index (χ4n) is 1.22. The predicted octanol–water partition coefficient (Wildman–Crippen LogP) is 2.94. The van der Waals surface area contributed by atoms with Crippen molar-refractivity contribution in [3.8, 4) is 0 Å². The number of thiophene rings is 1. The molecule has 0 unspecified atom stereocenters. The monoisotopic (exact) mass is 271 g/mol. The molecule has 0 radical (unpaired) electrons. The second-order valence-corrected chi connectivity index (χ2v) is 4.77. The van der Waals surface area contributed by atoms with Gasteiger partial charge in [-0.1, -0.05) is 15.9 Å². The quantitative estimate of drug-likeness (QED) is 0.784. The minimum atomic E-state index is -0.906. The standard InChI is InChI=1S/C9H6BrNO2S/c10-6-1-4(11)2-7-5(6)3-8(14-7)9(12)13/h1-3H,11H2,(H,12,13). The van der Waals surface area contributed by atoms with Crippen molar-refractivity contribution in [3.05, 3.63) is 27.5 Å². The van der Waals surface area contributed by atoms with Crippen molar-refractivity contribution >= 4 is 49.0 Å². The summed E-state index contributed by atoms with van der Waals surface area (Å²) in [7, 11) is 0. The van der Waals surface area contributed by atoms with Crippen LogP contribution < -0.4 is 5.73 Å². The van der Waals surface area contributed by atoms with E-state index in [4.69, 9.17) is 10.8 Å². The fraction of sp³-hybridized carbons (Fsp3) is 0. The number of halogens is 1. The van der Waals surface area contributed by atoms with E-state index >= 15 is 0 Å². The summed E-state index contributed by atoms with van der Waals surface area (Å²) < 4.78 is 1.71. The summed E-state index contributed by atoms with van der Waals surface area (Å²) in [5.41, 5.74) is 6.27. The Balaban J connectivity index is 2.76. The second kappa shape index (κ2) is 3.25. The Labute approximate surface area is 92.3 Å². The van der Waals surface area contributed by atoms with E-state index in [1.165, 1.54) is 11.3 Å². The minimum Gasteiger partial charge on any atom is -0.477 e. The Bertz CT molecular complexity index is 521. The molecule has 2 aromatic rings. The zero-order valence-electron chi connectivity index (χ0n) is 6.95. The van der Waals surface area contributed by atoms with Gasteiger partial charge in [-0.3, -0.25) is 0 Å². The number of carbonyl (C=O) groups is 1. The Morgan fingerprint density at radius 2 is 2.14 bits per heavy atom. The summed E-state index contributed by atoms with van der Waals surface area (Å²) in [5.74, 6) is -0.906. The van der Waals surface area contributed by atoms with E-state index in [1.807, 2.05) is 0 Å². The largest absolute Gasteiger partial charge is 0.477 e. The van der Waals surface area contributed by atoms with Gasteiger partial charge in [0.25, 0.3) is 0 Å². The van der Waals surface area contributed by atoms with Crippen molar-refractivity contribution in [3.63, 3.8) is 0 Å². The normalized spacial score (nSPS) is 10.6. The number of carboxylic acid groups (broad SMARTS) is 1. The van der Waals surface area contributed by atoms with Crippen LogP contribution in [0.5, 0.6) is 0 Å². The van der Waals surface area contributed by atoms with Gasteiger partial charge in [0, 0.05) is 20.2 Å². The van der Waals surface area contributed by atoms with Crippen LogP contribution in [0, 0.1) is 0 Å². The van der Waals surface area contributed by atoms with Gasteiger partial charge in [0.05, 0.1) is 0 Å². The fourth-order valence-corrected chi connectivity index (χ4v) is 2.92. The average Bonchev–Trinajstić information content (AvgIpc) is 2.47. The Hall–Kier alpha value is -1.07. The number of carboxylic acids is 1. The van der Waals surface area contributed by atoms with E-state index < -0.39 is 5.97 Å².